The number of amides is 18. The predicted molar refractivity (Wildman–Crippen MR) is 554 cm³/mol. The molecular formula is C102H137N25O21S. The zero-order chi connectivity index (χ0) is 109. The van der Waals surface area contributed by atoms with Crippen molar-refractivity contribution in [3.8, 4) is 16.9 Å². The van der Waals surface area contributed by atoms with Gasteiger partial charge < -0.3 is 139 Å². The number of aliphatic hydroxyl groups excluding tert-OH is 1. The van der Waals surface area contributed by atoms with E-state index >= 15 is 47.9 Å². The number of primary amides is 2. The summed E-state index contributed by atoms with van der Waals surface area (Å²) < 4.78 is 0. The maximum Gasteiger partial charge on any atom is 0.312 e. The smallest absolute Gasteiger partial charge is 0.312 e. The van der Waals surface area contributed by atoms with E-state index in [2.05, 4.69) is 95.4 Å². The summed E-state index contributed by atoms with van der Waals surface area (Å²) in [4.78, 5) is 269. The fraction of sp³-hybridized carbons (Fsp3) is 0.431. The lowest BCUT2D eigenvalue weighted by molar-refractivity contribution is -0.143. The molecule has 2 heterocycles. The number of aromatic nitrogens is 1. The molecule has 14 atom stereocenters. The minimum Gasteiger partial charge on any atom is -0.508 e. The van der Waals surface area contributed by atoms with Gasteiger partial charge in [-0.15, -0.1) is 11.8 Å². The maximum atomic E-state index is 15.8. The van der Waals surface area contributed by atoms with Gasteiger partial charge in [-0.05, 0) is 120 Å². The van der Waals surface area contributed by atoms with E-state index in [0.29, 0.717) is 44.9 Å². The number of carboxylic acids is 1. The summed E-state index contributed by atoms with van der Waals surface area (Å²) in [5.41, 5.74) is 26.5. The highest BCUT2D eigenvalue weighted by molar-refractivity contribution is 8.00. The van der Waals surface area contributed by atoms with Crippen LogP contribution in [0.2, 0.25) is 0 Å². The van der Waals surface area contributed by atoms with E-state index in [9.17, 15) is 53.7 Å². The van der Waals surface area contributed by atoms with Crippen molar-refractivity contribution in [2.75, 3.05) is 51.3 Å². The van der Waals surface area contributed by atoms with Gasteiger partial charge in [-0.2, -0.15) is 0 Å². The van der Waals surface area contributed by atoms with Crippen molar-refractivity contribution in [3.05, 3.63) is 198 Å². The fourth-order valence-corrected chi connectivity index (χ4v) is 17.2. The number of carboxylic acid groups (broad SMARTS) is 1. The molecule has 46 nitrogen and oxygen atoms in total. The lowest BCUT2D eigenvalue weighted by atomic mass is 9.98. The van der Waals surface area contributed by atoms with Crippen LogP contribution in [-0.2, 0) is 114 Å². The number of phenols is 1. The maximum absolute atomic E-state index is 15.8. The zero-order valence-electron chi connectivity index (χ0n) is 84.0. The second kappa shape index (κ2) is 59.4. The van der Waals surface area contributed by atoms with Gasteiger partial charge in [-0.1, -0.05) is 187 Å². The number of aliphatic carboxylic acids is 1. The van der Waals surface area contributed by atoms with E-state index in [1.807, 2.05) is 30.3 Å². The SMILES string of the molecule is CC(C)C[C@@H]1NC(=O)[C@H](CCCNC(=N)N)NC(=O)[C@H](Cc2ccccc2)N(C)C(=O)[C@H](CCCNC(N)=O)NC(=O)[C@H](CCCNC(=N)N)NC(=O)[C@H](Cc2ccc(-c3ccccc3)cc2)NC(=O)[C@H](C(C)C)NC(=O)[C@H](Cc2c[nH]c3ccccc23)NC(=O)[C@H](CC(=O)O)NC(=O)[C@H](Cc2ccc(O)cc2)NC(=O)[C@H](Cc2ccccc2)NC(=O)CSC[C@@H](C(=O)NCC(N)=O)NC(=O)[C@H](CO)NC(=O)[C@H](C(C)C)NC1=O. The van der Waals surface area contributed by atoms with Crippen molar-refractivity contribution in [2.45, 2.75) is 210 Å². The number of thioether (sulfide) groups is 1. The summed E-state index contributed by atoms with van der Waals surface area (Å²) in [6.07, 6.45) is -2.48. The number of hydrogen-bond donors (Lipinski definition) is 27. The number of nitrogens with two attached hydrogens (primary N) is 4. The number of aliphatic hydroxyl groups is 1. The third-order valence-electron chi connectivity index (χ3n) is 24.3. The largest absolute Gasteiger partial charge is 0.508 e. The second-order valence-electron chi connectivity index (χ2n) is 37.2. The molecule has 8 rings (SSSR count). The Morgan fingerprint density at radius 2 is 0.819 bits per heavy atom. The third-order valence-corrected chi connectivity index (χ3v) is 25.3. The molecule has 0 saturated carbocycles. The van der Waals surface area contributed by atoms with Crippen LogP contribution in [0.5, 0.6) is 5.75 Å². The van der Waals surface area contributed by atoms with Crippen LogP contribution in [-0.4, -0.2) is 280 Å². The standard InChI is InChI=1S/C102H137N25O21S/c1-56(2)44-72-93(141)125-85(58(5)6)98(146)123-78(53-128)95(143)124-79(86(134)113-52-81(103)130)54-149-55-82(131)114-73(45-59-22-11-8-12-23-59)89(137)119-74(47-62-35-39-66(129)40-36-62)91(139)121-77(50-83(132)133)92(140)120-76(49-65-51-112-68-29-18-17-28-67(65)68)94(142)126-84(57(3)4)97(145)122-75(46-61-33-37-64(38-34-61)63-26-15-10-16-27-63)90(138)115-69(30-19-41-109-100(104)105)87(135)117-71(32-21-43-111-102(108)148)99(147)127(7)80(48-60-24-13-9-14-25-60)96(144)116-70(88(136)118-72)31-20-42-110-101(106)107/h8-18,22-29,33-40,51,56-58,69-80,84-85,112,128-129H,19-21,30-32,41-50,52-55H2,1-7H3,(H2,103,130)(H,113,134)(H,114,131)(H,115,138)(H,116,144)(H,117,135)(H,118,136)(H,119,137)(H,120,140)(H,121,139)(H,122,145)(H,123,146)(H,124,143)(H,125,141)(H,126,142)(H,132,133)(H4,104,105,109)(H4,106,107,110)(H3,108,111,148)/t69-,70-,71-,72-,73-,74-,75-,76-,77-,78-,79-,80-,84-,85-/m0/s1. The molecular weight excluding hydrogens is 1940 g/mol. The van der Waals surface area contributed by atoms with Crippen LogP contribution in [0, 0.1) is 28.6 Å². The molecule has 31 N–H and O–H groups in total. The number of carbonyl (C=O) groups excluding carboxylic acids is 17. The highest BCUT2D eigenvalue weighted by Gasteiger charge is 2.42. The number of rotatable bonds is 33. The van der Waals surface area contributed by atoms with E-state index in [1.165, 1.54) is 45.2 Å². The van der Waals surface area contributed by atoms with Gasteiger partial charge in [0.1, 0.15) is 90.3 Å². The fourth-order valence-electron chi connectivity index (χ4n) is 16.3. The molecule has 0 radical (unpaired) electrons. The van der Waals surface area contributed by atoms with Crippen LogP contribution in [0.3, 0.4) is 0 Å². The van der Waals surface area contributed by atoms with Crippen molar-refractivity contribution in [1.82, 2.24) is 100 Å². The van der Waals surface area contributed by atoms with E-state index in [1.54, 1.807) is 143 Å². The minimum atomic E-state index is -2.10. The zero-order valence-corrected chi connectivity index (χ0v) is 84.8. The van der Waals surface area contributed by atoms with E-state index < -0.39 is 265 Å². The summed E-state index contributed by atoms with van der Waals surface area (Å²) in [5.74, 6) is -22.9. The Labute approximate surface area is 865 Å². The molecule has 1 saturated heterocycles. The van der Waals surface area contributed by atoms with Crippen LogP contribution in [0.4, 0.5) is 4.79 Å². The minimum absolute atomic E-state index is 0.00615. The summed E-state index contributed by atoms with van der Waals surface area (Å²) in [5, 5.41) is 92.5. The van der Waals surface area contributed by atoms with Gasteiger partial charge in [0.25, 0.3) is 0 Å². The molecule has 0 aliphatic carbocycles. The first-order valence-electron chi connectivity index (χ1n) is 48.9. The molecule has 1 fully saturated rings. The molecule has 0 unspecified atom stereocenters. The number of benzene rings is 6. The molecule has 6 aromatic carbocycles. The molecule has 0 spiro atoms. The van der Waals surface area contributed by atoms with Gasteiger partial charge >= 0.3 is 12.0 Å². The van der Waals surface area contributed by atoms with E-state index in [-0.39, 0.29) is 95.2 Å². The van der Waals surface area contributed by atoms with Crippen LogP contribution >= 0.6 is 11.8 Å². The first kappa shape index (κ1) is 118. The number of hydrogen-bond acceptors (Lipinski definition) is 23. The number of guanidine groups is 2. The average molecular weight is 2080 g/mol. The summed E-state index contributed by atoms with van der Waals surface area (Å²) in [6, 6.07) is 20.0. The van der Waals surface area contributed by atoms with Crippen LogP contribution in [0.1, 0.15) is 121 Å². The number of aromatic amines is 1. The molecule has 47 heteroatoms. The van der Waals surface area contributed by atoms with E-state index in [4.69, 9.17) is 33.8 Å². The Hall–Kier alpha value is -16.2. The average Bonchev–Trinajstić information content (AvgIpc) is 1.75. The topological polar surface area (TPSA) is 743 Å². The normalized spacial score (nSPS) is 21.9. The van der Waals surface area contributed by atoms with Crippen molar-refractivity contribution >= 4 is 141 Å². The molecule has 1 aliphatic heterocycles. The van der Waals surface area contributed by atoms with Gasteiger partial charge in [0.2, 0.25) is 94.5 Å². The number of H-pyrrole nitrogens is 1. The van der Waals surface area contributed by atoms with Gasteiger partial charge in [-0.3, -0.25) is 92.3 Å². The quantitative estimate of drug-likeness (QED) is 0.0124. The highest BCUT2D eigenvalue weighted by Crippen LogP contribution is 2.25. The second-order valence-corrected chi connectivity index (χ2v) is 38.3. The number of fused-ring (bicyclic) bond motifs is 1. The number of nitrogens with zero attached hydrogens (tertiary/aromatic N) is 1. The number of para-hydroxylation sites is 1. The monoisotopic (exact) mass is 2080 g/mol. The van der Waals surface area contributed by atoms with Crippen molar-refractivity contribution in [3.63, 3.8) is 0 Å². The molecule has 1 aliphatic rings. The number of likely N-dealkylation sites (N-methyl/N-ethyl adjacent to an activating group) is 1. The Kier molecular flexibility index (Phi) is 47.0. The van der Waals surface area contributed by atoms with Crippen molar-refractivity contribution in [2.24, 2.45) is 40.7 Å². The van der Waals surface area contributed by atoms with Gasteiger partial charge in [0.05, 0.1) is 25.3 Å². The first-order chi connectivity index (χ1) is 70.9. The lowest BCUT2D eigenvalue weighted by Gasteiger charge is -2.33. The van der Waals surface area contributed by atoms with Crippen LogP contribution in [0.15, 0.2) is 170 Å². The Balaban J connectivity index is 1.26. The Bertz CT molecular complexity index is 5790. The third kappa shape index (κ3) is 39.3. The summed E-state index contributed by atoms with van der Waals surface area (Å²) in [7, 11) is 1.25. The summed E-state index contributed by atoms with van der Waals surface area (Å²) in [6.45, 7) is 7.35. The number of nitrogens with one attached hydrogen (secondary N) is 20. The Morgan fingerprint density at radius 1 is 0.423 bits per heavy atom. The van der Waals surface area contributed by atoms with E-state index in [0.717, 1.165) is 16.0 Å². The first-order valence-corrected chi connectivity index (χ1v) is 50.0. The number of phenolic OH excluding ortho intramolecular Hbond substituents is 1. The molecule has 149 heavy (non-hydrogen) atoms. The number of carbonyl (C=O) groups is 18. The van der Waals surface area contributed by atoms with Crippen LogP contribution < -0.4 is 113 Å². The molecule has 0 bridgehead atoms. The molecule has 802 valence electrons. The van der Waals surface area contributed by atoms with Crippen molar-refractivity contribution in [1.29, 1.82) is 10.8 Å². The van der Waals surface area contributed by atoms with Gasteiger partial charge in [-0.25, -0.2) is 4.79 Å². The van der Waals surface area contributed by atoms with Crippen LogP contribution in [0.25, 0.3) is 22.0 Å². The molecule has 18 amide bonds. The molecule has 1 aromatic heterocycles. The lowest BCUT2D eigenvalue weighted by Crippen LogP contribution is -2.62. The number of aromatic hydroxyl groups is 1. The van der Waals surface area contributed by atoms with Gasteiger partial charge in [0, 0.05) is 81.6 Å². The highest BCUT2D eigenvalue weighted by atomic mass is 32.2. The predicted octanol–water partition coefficient (Wildman–Crippen LogP) is -1.67. The number of urea groups is 1. The molecule has 7 aromatic rings. The van der Waals surface area contributed by atoms with Crippen molar-refractivity contribution < 1.29 is 102 Å². The van der Waals surface area contributed by atoms with Gasteiger partial charge in [0.15, 0.2) is 11.9 Å². The summed E-state index contributed by atoms with van der Waals surface area (Å²) >= 11 is 0.696. The Morgan fingerprint density at radius 3 is 1.32 bits per heavy atom.